The second-order valence-corrected chi connectivity index (χ2v) is 7.49. The van der Waals surface area contributed by atoms with E-state index in [1.54, 1.807) is 43.3 Å². The van der Waals surface area contributed by atoms with Crippen molar-refractivity contribution >= 4 is 22.6 Å². The minimum atomic E-state index is -0.610. The molecule has 0 spiro atoms. The van der Waals surface area contributed by atoms with Crippen LogP contribution in [-0.2, 0) is 11.3 Å². The lowest BCUT2D eigenvalue weighted by Gasteiger charge is -2.15. The van der Waals surface area contributed by atoms with Gasteiger partial charge in [0.2, 0.25) is 5.91 Å². The highest BCUT2D eigenvalue weighted by molar-refractivity contribution is 5.91. The number of carbonyl (C=O) groups is 1. The predicted octanol–water partition coefficient (Wildman–Crippen LogP) is 3.11. The Labute approximate surface area is 178 Å². The maximum atomic E-state index is 13.4. The van der Waals surface area contributed by atoms with E-state index in [0.29, 0.717) is 28.0 Å². The van der Waals surface area contributed by atoms with Gasteiger partial charge in [0.05, 0.1) is 11.1 Å². The van der Waals surface area contributed by atoms with Crippen LogP contribution in [0.25, 0.3) is 16.7 Å². The van der Waals surface area contributed by atoms with E-state index in [1.807, 2.05) is 38.1 Å². The van der Waals surface area contributed by atoms with Gasteiger partial charge >= 0.3 is 5.69 Å². The largest absolute Gasteiger partial charge is 0.337 e. The van der Waals surface area contributed by atoms with Gasteiger partial charge in [-0.3, -0.25) is 9.59 Å². The van der Waals surface area contributed by atoms with Crippen molar-refractivity contribution in [3.8, 4) is 5.69 Å². The molecular weight excluding hydrogens is 392 g/mol. The number of anilines is 1. The fraction of sp³-hybridized carbons (Fsp3) is 0.167. The summed E-state index contributed by atoms with van der Waals surface area (Å²) in [6.07, 6.45) is 0. The number of nitrogens with zero attached hydrogens (tertiary/aromatic N) is 3. The number of carbonyl (C=O) groups excluding carboxylic acids is 1. The van der Waals surface area contributed by atoms with Crippen molar-refractivity contribution in [3.05, 3.63) is 98.3 Å². The summed E-state index contributed by atoms with van der Waals surface area (Å²) in [5, 5.41) is 3.10. The fourth-order valence-electron chi connectivity index (χ4n) is 3.67. The maximum Gasteiger partial charge on any atom is 0.337 e. The third-order valence-corrected chi connectivity index (χ3v) is 5.15. The highest BCUT2D eigenvalue weighted by Crippen LogP contribution is 2.17. The Bertz CT molecular complexity index is 1420. The molecule has 7 heteroatoms. The summed E-state index contributed by atoms with van der Waals surface area (Å²) in [6, 6.07) is 18.1. The molecule has 1 N–H and O–H groups in total. The van der Waals surface area contributed by atoms with Crippen LogP contribution in [0.15, 0.2) is 70.3 Å². The van der Waals surface area contributed by atoms with Crippen molar-refractivity contribution in [2.24, 2.45) is 0 Å². The molecule has 0 fully saturated rings. The second kappa shape index (κ2) is 8.02. The summed E-state index contributed by atoms with van der Waals surface area (Å²) in [5.41, 5.74) is 2.64. The predicted molar refractivity (Wildman–Crippen MR) is 121 cm³/mol. The van der Waals surface area contributed by atoms with Gasteiger partial charge in [-0.15, -0.1) is 0 Å². The van der Waals surface area contributed by atoms with Gasteiger partial charge in [-0.2, -0.15) is 0 Å². The lowest BCUT2D eigenvalue weighted by Crippen LogP contribution is -2.42. The Balaban J connectivity index is 1.90. The van der Waals surface area contributed by atoms with Crippen LogP contribution in [-0.4, -0.2) is 20.0 Å². The minimum Gasteiger partial charge on any atom is -0.324 e. The Kier molecular flexibility index (Phi) is 5.25. The van der Waals surface area contributed by atoms with Crippen LogP contribution in [0.3, 0.4) is 0 Å². The smallest absolute Gasteiger partial charge is 0.324 e. The van der Waals surface area contributed by atoms with Crippen LogP contribution >= 0.6 is 0 Å². The fourth-order valence-corrected chi connectivity index (χ4v) is 3.67. The van der Waals surface area contributed by atoms with Gasteiger partial charge in [-0.05, 0) is 56.2 Å². The van der Waals surface area contributed by atoms with E-state index in [1.165, 1.54) is 4.57 Å². The molecule has 0 unspecified atom stereocenters. The number of aryl methyl sites for hydroxylation is 3. The molecule has 0 aliphatic heterocycles. The molecule has 0 saturated carbocycles. The lowest BCUT2D eigenvalue weighted by molar-refractivity contribution is -0.116. The maximum absolute atomic E-state index is 13.4. The minimum absolute atomic E-state index is 0.286. The summed E-state index contributed by atoms with van der Waals surface area (Å²) in [4.78, 5) is 43.8. The number of fused-ring (bicyclic) bond motifs is 1. The van der Waals surface area contributed by atoms with Crippen molar-refractivity contribution in [2.75, 3.05) is 5.32 Å². The molecule has 1 amide bonds. The Hall–Kier alpha value is -4.00. The Morgan fingerprint density at radius 2 is 1.61 bits per heavy atom. The van der Waals surface area contributed by atoms with Gasteiger partial charge in [0.15, 0.2) is 5.65 Å². The van der Waals surface area contributed by atoms with E-state index in [4.69, 9.17) is 0 Å². The molecule has 4 aromatic rings. The van der Waals surface area contributed by atoms with E-state index in [0.717, 1.165) is 10.1 Å². The molecule has 0 aliphatic rings. The molecular formula is C24H22N4O3. The topological polar surface area (TPSA) is 86.0 Å². The number of para-hydroxylation sites is 2. The molecule has 0 bridgehead atoms. The van der Waals surface area contributed by atoms with Crippen LogP contribution in [0, 0.1) is 20.8 Å². The molecule has 31 heavy (non-hydrogen) atoms. The molecule has 2 aromatic carbocycles. The van der Waals surface area contributed by atoms with Crippen LogP contribution in [0.1, 0.15) is 16.8 Å². The van der Waals surface area contributed by atoms with Crippen LogP contribution in [0.2, 0.25) is 0 Å². The number of hydrogen-bond acceptors (Lipinski definition) is 4. The number of pyridine rings is 1. The third-order valence-electron chi connectivity index (χ3n) is 5.15. The number of hydrogen-bond donors (Lipinski definition) is 1. The average molecular weight is 414 g/mol. The zero-order valence-electron chi connectivity index (χ0n) is 17.5. The number of amides is 1. The van der Waals surface area contributed by atoms with Crippen LogP contribution < -0.4 is 16.6 Å². The molecule has 2 aromatic heterocycles. The van der Waals surface area contributed by atoms with Gasteiger partial charge in [0, 0.05) is 11.4 Å². The lowest BCUT2D eigenvalue weighted by atomic mass is 10.1. The van der Waals surface area contributed by atoms with Crippen molar-refractivity contribution in [2.45, 2.75) is 27.3 Å². The van der Waals surface area contributed by atoms with Crippen molar-refractivity contribution < 1.29 is 4.79 Å². The van der Waals surface area contributed by atoms with Crippen LogP contribution in [0.4, 0.5) is 5.69 Å². The van der Waals surface area contributed by atoms with Gasteiger partial charge in [0.1, 0.15) is 6.54 Å². The number of aromatic nitrogens is 3. The third kappa shape index (κ3) is 3.77. The van der Waals surface area contributed by atoms with Crippen molar-refractivity contribution in [3.63, 3.8) is 0 Å². The normalized spacial score (nSPS) is 10.9. The number of benzene rings is 2. The molecule has 0 radical (unpaired) electrons. The summed E-state index contributed by atoms with van der Waals surface area (Å²) < 4.78 is 2.35. The highest BCUT2D eigenvalue weighted by Gasteiger charge is 2.19. The van der Waals surface area contributed by atoms with E-state index in [-0.39, 0.29) is 5.65 Å². The zero-order chi connectivity index (χ0) is 22.1. The second-order valence-electron chi connectivity index (χ2n) is 7.49. The summed E-state index contributed by atoms with van der Waals surface area (Å²) in [7, 11) is 0. The van der Waals surface area contributed by atoms with E-state index in [2.05, 4.69) is 10.3 Å². The van der Waals surface area contributed by atoms with Crippen molar-refractivity contribution in [1.82, 2.24) is 14.1 Å². The molecule has 0 saturated heterocycles. The standard InChI is InChI=1S/C24H22N4O3/c1-15-9-7-8-12-19(15)26-20(29)14-27-23(30)21-16(2)13-17(3)25-22(21)28(24(27)31)18-10-5-4-6-11-18/h4-13H,14H2,1-3H3,(H,26,29). The SMILES string of the molecule is Cc1cc(C)c2c(=O)n(CC(=O)Nc3ccccc3C)c(=O)n(-c3ccccc3)c2n1. The quantitative estimate of drug-likeness (QED) is 0.556. The first-order valence-corrected chi connectivity index (χ1v) is 9.91. The van der Waals surface area contributed by atoms with Gasteiger partial charge in [-0.1, -0.05) is 36.4 Å². The van der Waals surface area contributed by atoms with Crippen LogP contribution in [0.5, 0.6) is 0 Å². The molecule has 156 valence electrons. The monoisotopic (exact) mass is 414 g/mol. The molecule has 7 nitrogen and oxygen atoms in total. The summed E-state index contributed by atoms with van der Waals surface area (Å²) in [6.45, 7) is 5.09. The number of rotatable bonds is 4. The van der Waals surface area contributed by atoms with Gasteiger partial charge in [0.25, 0.3) is 5.56 Å². The molecule has 2 heterocycles. The van der Waals surface area contributed by atoms with E-state index >= 15 is 0 Å². The average Bonchev–Trinajstić information content (AvgIpc) is 2.73. The number of nitrogens with one attached hydrogen (secondary N) is 1. The first-order chi connectivity index (χ1) is 14.9. The first kappa shape index (κ1) is 20.3. The zero-order valence-corrected chi connectivity index (χ0v) is 17.5. The van der Waals surface area contributed by atoms with E-state index in [9.17, 15) is 14.4 Å². The Morgan fingerprint density at radius 3 is 2.32 bits per heavy atom. The Morgan fingerprint density at radius 1 is 0.935 bits per heavy atom. The van der Waals surface area contributed by atoms with Gasteiger partial charge < -0.3 is 5.32 Å². The van der Waals surface area contributed by atoms with Gasteiger partial charge in [-0.25, -0.2) is 18.9 Å². The molecule has 0 atom stereocenters. The highest BCUT2D eigenvalue weighted by atomic mass is 16.2. The molecule has 4 rings (SSSR count). The first-order valence-electron chi connectivity index (χ1n) is 9.91. The summed E-state index contributed by atoms with van der Waals surface area (Å²) >= 11 is 0. The van der Waals surface area contributed by atoms with Crippen molar-refractivity contribution in [1.29, 1.82) is 0 Å². The summed E-state index contributed by atoms with van der Waals surface area (Å²) in [5.74, 6) is -0.454. The molecule has 0 aliphatic carbocycles. The van der Waals surface area contributed by atoms with E-state index < -0.39 is 23.7 Å².